The van der Waals surface area contributed by atoms with Crippen LogP contribution in [-0.4, -0.2) is 7.05 Å². The van der Waals surface area contributed by atoms with E-state index >= 15 is 0 Å². The van der Waals surface area contributed by atoms with E-state index < -0.39 is 0 Å². The summed E-state index contributed by atoms with van der Waals surface area (Å²) in [6.07, 6.45) is 0. The number of nitrogen functional groups attached to an aromatic ring is 1. The SMILES string of the molecule is CN(c1ccc(I)cc1N)c1ccccc1F. The molecule has 0 spiro atoms. The Hall–Kier alpha value is -1.30. The lowest BCUT2D eigenvalue weighted by Gasteiger charge is -2.21. The van der Waals surface area contributed by atoms with Gasteiger partial charge in [-0.2, -0.15) is 0 Å². The number of benzene rings is 2. The fraction of sp³-hybridized carbons (Fsp3) is 0.0769. The maximum atomic E-state index is 13.7. The van der Waals surface area contributed by atoms with Crippen LogP contribution in [0, 0.1) is 9.39 Å². The Labute approximate surface area is 113 Å². The Balaban J connectivity index is 2.44. The molecule has 88 valence electrons. The molecule has 0 atom stereocenters. The zero-order valence-corrected chi connectivity index (χ0v) is 11.5. The molecule has 0 saturated heterocycles. The first kappa shape index (κ1) is 12.2. The third-order valence-corrected chi connectivity index (χ3v) is 3.24. The van der Waals surface area contributed by atoms with Gasteiger partial charge in [0.15, 0.2) is 0 Å². The number of halogens is 2. The molecule has 0 aliphatic rings. The van der Waals surface area contributed by atoms with Gasteiger partial charge in [0.25, 0.3) is 0 Å². The average Bonchev–Trinajstić information content (AvgIpc) is 2.29. The molecule has 0 aromatic heterocycles. The molecule has 4 heteroatoms. The van der Waals surface area contributed by atoms with E-state index in [9.17, 15) is 4.39 Å². The van der Waals surface area contributed by atoms with Crippen LogP contribution in [0.15, 0.2) is 42.5 Å². The summed E-state index contributed by atoms with van der Waals surface area (Å²) >= 11 is 2.19. The Kier molecular flexibility index (Phi) is 3.51. The summed E-state index contributed by atoms with van der Waals surface area (Å²) in [7, 11) is 1.80. The van der Waals surface area contributed by atoms with E-state index in [0.717, 1.165) is 9.26 Å². The molecule has 0 radical (unpaired) electrons. The molecule has 0 saturated carbocycles. The van der Waals surface area contributed by atoms with Gasteiger partial charge in [0, 0.05) is 10.6 Å². The van der Waals surface area contributed by atoms with Crippen LogP contribution in [0.2, 0.25) is 0 Å². The van der Waals surface area contributed by atoms with Gasteiger partial charge in [0.05, 0.1) is 17.1 Å². The Morgan fingerprint density at radius 1 is 1.12 bits per heavy atom. The summed E-state index contributed by atoms with van der Waals surface area (Å²) in [5.74, 6) is -0.257. The first-order chi connectivity index (χ1) is 8.09. The molecule has 0 amide bonds. The second kappa shape index (κ2) is 4.91. The molecule has 0 fully saturated rings. The van der Waals surface area contributed by atoms with Crippen molar-refractivity contribution in [2.45, 2.75) is 0 Å². The van der Waals surface area contributed by atoms with Gasteiger partial charge in [0.1, 0.15) is 5.82 Å². The van der Waals surface area contributed by atoms with E-state index in [1.54, 1.807) is 30.1 Å². The summed E-state index contributed by atoms with van der Waals surface area (Å²) in [6, 6.07) is 12.4. The fourth-order valence-corrected chi connectivity index (χ4v) is 2.20. The highest BCUT2D eigenvalue weighted by Gasteiger charge is 2.11. The van der Waals surface area contributed by atoms with Crippen molar-refractivity contribution in [3.8, 4) is 0 Å². The van der Waals surface area contributed by atoms with Crippen molar-refractivity contribution in [2.24, 2.45) is 0 Å². The third kappa shape index (κ3) is 2.52. The van der Waals surface area contributed by atoms with E-state index in [0.29, 0.717) is 11.4 Å². The number of anilines is 3. The molecule has 2 rings (SSSR count). The molecule has 2 aromatic carbocycles. The highest BCUT2D eigenvalue weighted by atomic mass is 127. The maximum Gasteiger partial charge on any atom is 0.146 e. The molecule has 2 aromatic rings. The Bertz CT molecular complexity index is 543. The molecule has 2 N–H and O–H groups in total. The largest absolute Gasteiger partial charge is 0.397 e. The number of hydrogen-bond donors (Lipinski definition) is 1. The van der Waals surface area contributed by atoms with E-state index in [-0.39, 0.29) is 5.82 Å². The molecular formula is C13H12FIN2. The van der Waals surface area contributed by atoms with Crippen LogP contribution >= 0.6 is 22.6 Å². The highest BCUT2D eigenvalue weighted by molar-refractivity contribution is 14.1. The molecule has 0 unspecified atom stereocenters. The van der Waals surface area contributed by atoms with Crippen LogP contribution in [0.3, 0.4) is 0 Å². The van der Waals surface area contributed by atoms with Crippen molar-refractivity contribution < 1.29 is 4.39 Å². The predicted molar refractivity (Wildman–Crippen MR) is 78.0 cm³/mol. The van der Waals surface area contributed by atoms with E-state index in [2.05, 4.69) is 22.6 Å². The van der Waals surface area contributed by atoms with E-state index in [4.69, 9.17) is 5.73 Å². The lowest BCUT2D eigenvalue weighted by Crippen LogP contribution is -2.13. The molecular weight excluding hydrogens is 330 g/mol. The second-order valence-electron chi connectivity index (χ2n) is 3.71. The highest BCUT2D eigenvalue weighted by Crippen LogP contribution is 2.31. The number of rotatable bonds is 2. The van der Waals surface area contributed by atoms with Crippen molar-refractivity contribution in [3.05, 3.63) is 51.9 Å². The molecule has 0 aliphatic carbocycles. The average molecular weight is 342 g/mol. The maximum absolute atomic E-state index is 13.7. The monoisotopic (exact) mass is 342 g/mol. The second-order valence-corrected chi connectivity index (χ2v) is 4.96. The molecule has 0 aliphatic heterocycles. The summed E-state index contributed by atoms with van der Waals surface area (Å²) in [4.78, 5) is 1.75. The van der Waals surface area contributed by atoms with Crippen LogP contribution in [0.4, 0.5) is 21.5 Å². The van der Waals surface area contributed by atoms with Gasteiger partial charge in [-0.3, -0.25) is 0 Å². The van der Waals surface area contributed by atoms with E-state index in [1.165, 1.54) is 6.07 Å². The summed E-state index contributed by atoms with van der Waals surface area (Å²) in [5.41, 5.74) is 7.90. The number of nitrogens with two attached hydrogens (primary N) is 1. The van der Waals surface area contributed by atoms with Crippen molar-refractivity contribution >= 4 is 39.7 Å². The van der Waals surface area contributed by atoms with Crippen LogP contribution in [0.25, 0.3) is 0 Å². The summed E-state index contributed by atoms with van der Waals surface area (Å²) < 4.78 is 14.7. The minimum atomic E-state index is -0.257. The first-order valence-corrected chi connectivity index (χ1v) is 6.21. The molecule has 17 heavy (non-hydrogen) atoms. The quantitative estimate of drug-likeness (QED) is 0.665. The summed E-state index contributed by atoms with van der Waals surface area (Å²) in [5, 5.41) is 0. The Morgan fingerprint density at radius 2 is 1.82 bits per heavy atom. The van der Waals surface area contributed by atoms with Crippen LogP contribution < -0.4 is 10.6 Å². The van der Waals surface area contributed by atoms with Crippen molar-refractivity contribution in [1.82, 2.24) is 0 Å². The van der Waals surface area contributed by atoms with Crippen molar-refractivity contribution in [3.63, 3.8) is 0 Å². The van der Waals surface area contributed by atoms with Gasteiger partial charge in [0.2, 0.25) is 0 Å². The number of para-hydroxylation sites is 1. The van der Waals surface area contributed by atoms with Crippen molar-refractivity contribution in [1.29, 1.82) is 0 Å². The molecule has 2 nitrogen and oxygen atoms in total. The smallest absolute Gasteiger partial charge is 0.146 e. The first-order valence-electron chi connectivity index (χ1n) is 5.13. The standard InChI is InChI=1S/C13H12FIN2/c1-17(12-5-3-2-4-10(12)14)13-7-6-9(15)8-11(13)16/h2-8H,16H2,1H3. The summed E-state index contributed by atoms with van der Waals surface area (Å²) in [6.45, 7) is 0. The molecule has 0 bridgehead atoms. The van der Waals surface area contributed by atoms with Gasteiger partial charge in [-0.15, -0.1) is 0 Å². The van der Waals surface area contributed by atoms with Crippen molar-refractivity contribution in [2.75, 3.05) is 17.7 Å². The van der Waals surface area contributed by atoms with Gasteiger partial charge >= 0.3 is 0 Å². The third-order valence-electron chi connectivity index (χ3n) is 2.56. The molecule has 0 heterocycles. The van der Waals surface area contributed by atoms with Crippen LogP contribution in [0.1, 0.15) is 0 Å². The van der Waals surface area contributed by atoms with Crippen LogP contribution in [0.5, 0.6) is 0 Å². The Morgan fingerprint density at radius 3 is 2.47 bits per heavy atom. The lowest BCUT2D eigenvalue weighted by molar-refractivity contribution is 0.627. The minimum Gasteiger partial charge on any atom is -0.397 e. The zero-order valence-electron chi connectivity index (χ0n) is 9.32. The van der Waals surface area contributed by atoms with Gasteiger partial charge < -0.3 is 10.6 Å². The van der Waals surface area contributed by atoms with Gasteiger partial charge in [-0.05, 0) is 52.9 Å². The number of hydrogen-bond acceptors (Lipinski definition) is 2. The normalized spacial score (nSPS) is 10.3. The van der Waals surface area contributed by atoms with Crippen LogP contribution in [-0.2, 0) is 0 Å². The number of nitrogens with zero attached hydrogens (tertiary/aromatic N) is 1. The fourth-order valence-electron chi connectivity index (χ4n) is 1.68. The lowest BCUT2D eigenvalue weighted by atomic mass is 10.2. The zero-order chi connectivity index (χ0) is 12.4. The van der Waals surface area contributed by atoms with Gasteiger partial charge in [-0.25, -0.2) is 4.39 Å². The topological polar surface area (TPSA) is 29.3 Å². The van der Waals surface area contributed by atoms with Gasteiger partial charge in [-0.1, -0.05) is 12.1 Å². The minimum absolute atomic E-state index is 0.257. The van der Waals surface area contributed by atoms with E-state index in [1.807, 2.05) is 18.2 Å². The predicted octanol–water partition coefficient (Wildman–Crippen LogP) is 3.78.